The van der Waals surface area contributed by atoms with E-state index in [1.807, 2.05) is 23.6 Å². The second-order valence-corrected chi connectivity index (χ2v) is 5.92. The number of benzene rings is 1. The van der Waals surface area contributed by atoms with E-state index in [1.54, 1.807) is 19.2 Å². The van der Waals surface area contributed by atoms with Crippen LogP contribution in [0.4, 0.5) is 0 Å². The van der Waals surface area contributed by atoms with E-state index in [9.17, 15) is 4.79 Å². The molecule has 0 fully saturated rings. The maximum Gasteiger partial charge on any atom is 0.305 e. The van der Waals surface area contributed by atoms with Gasteiger partial charge in [0.1, 0.15) is 5.75 Å². The summed E-state index contributed by atoms with van der Waals surface area (Å²) in [6.45, 7) is 0.486. The van der Waals surface area contributed by atoms with Gasteiger partial charge in [0.25, 0.3) is 0 Å². The predicted octanol–water partition coefficient (Wildman–Crippen LogP) is 3.72. The lowest BCUT2D eigenvalue weighted by Crippen LogP contribution is -2.23. The van der Waals surface area contributed by atoms with Gasteiger partial charge in [0, 0.05) is 22.0 Å². The Hall–Kier alpha value is -1.56. The lowest BCUT2D eigenvalue weighted by atomic mass is 10.1. The molecule has 1 aromatic heterocycles. The van der Waals surface area contributed by atoms with Gasteiger partial charge in [0.2, 0.25) is 0 Å². The number of carboxylic acids is 1. The third kappa shape index (κ3) is 4.46. The minimum absolute atomic E-state index is 0.0311. The molecule has 21 heavy (non-hydrogen) atoms. The zero-order valence-corrected chi connectivity index (χ0v) is 13.1. The van der Waals surface area contributed by atoms with Gasteiger partial charge >= 0.3 is 5.97 Å². The highest BCUT2D eigenvalue weighted by Crippen LogP contribution is 2.26. The summed E-state index contributed by atoms with van der Waals surface area (Å²) in [6, 6.07) is 9.00. The fraction of sp³-hybridized carbons (Fsp3) is 0.267. The number of rotatable bonds is 7. The van der Waals surface area contributed by atoms with Crippen LogP contribution in [-0.4, -0.2) is 18.2 Å². The zero-order valence-electron chi connectivity index (χ0n) is 11.5. The Bertz CT molecular complexity index is 601. The third-order valence-corrected chi connectivity index (χ3v) is 4.27. The van der Waals surface area contributed by atoms with Crippen molar-refractivity contribution in [1.29, 1.82) is 0 Å². The van der Waals surface area contributed by atoms with Crippen molar-refractivity contribution >= 4 is 28.9 Å². The van der Waals surface area contributed by atoms with Crippen LogP contribution in [0.5, 0.6) is 5.75 Å². The molecular formula is C15H16ClNO3S. The van der Waals surface area contributed by atoms with E-state index in [0.29, 0.717) is 11.6 Å². The van der Waals surface area contributed by atoms with Crippen LogP contribution in [0.3, 0.4) is 0 Å². The van der Waals surface area contributed by atoms with E-state index in [1.165, 1.54) is 11.3 Å². The topological polar surface area (TPSA) is 58.6 Å². The molecule has 6 heteroatoms. The molecule has 4 nitrogen and oxygen atoms in total. The molecule has 0 amide bonds. The smallest absolute Gasteiger partial charge is 0.305 e. The van der Waals surface area contributed by atoms with Gasteiger partial charge in [0.05, 0.1) is 19.6 Å². The van der Waals surface area contributed by atoms with Crippen molar-refractivity contribution in [3.8, 4) is 5.75 Å². The monoisotopic (exact) mass is 325 g/mol. The molecule has 0 bridgehead atoms. The number of thiophene rings is 1. The Morgan fingerprint density at radius 2 is 2.29 bits per heavy atom. The van der Waals surface area contributed by atoms with E-state index in [4.69, 9.17) is 21.4 Å². The Morgan fingerprint density at radius 1 is 1.48 bits per heavy atom. The molecule has 0 aliphatic heterocycles. The van der Waals surface area contributed by atoms with Crippen LogP contribution < -0.4 is 10.1 Å². The highest BCUT2D eigenvalue weighted by atomic mass is 35.5. The van der Waals surface area contributed by atoms with E-state index >= 15 is 0 Å². The molecule has 1 aromatic carbocycles. The van der Waals surface area contributed by atoms with Crippen LogP contribution >= 0.6 is 22.9 Å². The maximum absolute atomic E-state index is 11.0. The molecule has 0 saturated carbocycles. The Kier molecular flexibility index (Phi) is 5.61. The summed E-state index contributed by atoms with van der Waals surface area (Å²) in [5.41, 5.74) is 0.900. The first kappa shape index (κ1) is 15.8. The first-order valence-electron chi connectivity index (χ1n) is 6.41. The average Bonchev–Trinajstić information content (AvgIpc) is 2.97. The van der Waals surface area contributed by atoms with Crippen molar-refractivity contribution < 1.29 is 14.6 Å². The Morgan fingerprint density at radius 3 is 2.90 bits per heavy atom. The van der Waals surface area contributed by atoms with Crippen molar-refractivity contribution in [2.75, 3.05) is 7.11 Å². The van der Waals surface area contributed by atoms with Gasteiger partial charge in [-0.25, -0.2) is 0 Å². The number of carbonyl (C=O) groups is 1. The van der Waals surface area contributed by atoms with E-state index in [2.05, 4.69) is 5.32 Å². The molecule has 0 aliphatic rings. The average molecular weight is 326 g/mol. The van der Waals surface area contributed by atoms with Crippen LogP contribution in [0.1, 0.15) is 22.9 Å². The Balaban J connectivity index is 2.11. The molecule has 1 atom stereocenters. The molecule has 2 N–H and O–H groups in total. The van der Waals surface area contributed by atoms with Gasteiger partial charge in [-0.3, -0.25) is 4.79 Å². The lowest BCUT2D eigenvalue weighted by Gasteiger charge is -2.17. The van der Waals surface area contributed by atoms with Crippen LogP contribution in [0, 0.1) is 0 Å². The number of aliphatic carboxylic acids is 1. The van der Waals surface area contributed by atoms with Gasteiger partial charge in [-0.1, -0.05) is 17.7 Å². The number of carboxylic acid groups (broad SMARTS) is 1. The number of methoxy groups -OCH3 is 1. The zero-order chi connectivity index (χ0) is 15.2. The normalized spacial score (nSPS) is 12.1. The van der Waals surface area contributed by atoms with Gasteiger partial charge in [-0.05, 0) is 29.6 Å². The SMILES string of the molecule is COc1ccc(Cl)cc1CNC(CC(=O)O)c1cccs1. The molecule has 112 valence electrons. The fourth-order valence-electron chi connectivity index (χ4n) is 2.06. The van der Waals surface area contributed by atoms with E-state index in [0.717, 1.165) is 16.2 Å². The summed E-state index contributed by atoms with van der Waals surface area (Å²) in [4.78, 5) is 12.0. The molecule has 2 rings (SSSR count). The fourth-order valence-corrected chi connectivity index (χ4v) is 3.05. The van der Waals surface area contributed by atoms with Crippen LogP contribution in [0.15, 0.2) is 35.7 Å². The van der Waals surface area contributed by atoms with Crippen molar-refractivity contribution in [2.45, 2.75) is 19.0 Å². The van der Waals surface area contributed by atoms with Crippen LogP contribution in [0.2, 0.25) is 5.02 Å². The van der Waals surface area contributed by atoms with Gasteiger partial charge in [0.15, 0.2) is 0 Å². The summed E-state index contributed by atoms with van der Waals surface area (Å²) in [7, 11) is 1.60. The second-order valence-electron chi connectivity index (χ2n) is 4.50. The minimum Gasteiger partial charge on any atom is -0.496 e. The largest absolute Gasteiger partial charge is 0.496 e. The van der Waals surface area contributed by atoms with Gasteiger partial charge in [-0.15, -0.1) is 11.3 Å². The molecule has 1 heterocycles. The molecule has 1 unspecified atom stereocenters. The number of ether oxygens (including phenoxy) is 1. The molecular weight excluding hydrogens is 310 g/mol. The van der Waals surface area contributed by atoms with Crippen molar-refractivity contribution in [3.63, 3.8) is 0 Å². The molecule has 2 aromatic rings. The van der Waals surface area contributed by atoms with Crippen molar-refractivity contribution in [1.82, 2.24) is 5.32 Å². The van der Waals surface area contributed by atoms with Crippen LogP contribution in [-0.2, 0) is 11.3 Å². The molecule has 0 aliphatic carbocycles. The summed E-state index contributed by atoms with van der Waals surface area (Å²) in [5.74, 6) is -0.105. The number of nitrogens with one attached hydrogen (secondary N) is 1. The third-order valence-electron chi connectivity index (χ3n) is 3.05. The minimum atomic E-state index is -0.834. The molecule has 0 spiro atoms. The number of hydrogen-bond acceptors (Lipinski definition) is 4. The number of halogens is 1. The van der Waals surface area contributed by atoms with E-state index in [-0.39, 0.29) is 12.5 Å². The number of hydrogen-bond donors (Lipinski definition) is 2. The summed E-state index contributed by atoms with van der Waals surface area (Å²) in [5, 5.41) is 14.9. The van der Waals surface area contributed by atoms with Gasteiger partial charge in [-0.2, -0.15) is 0 Å². The molecule has 0 radical (unpaired) electrons. The highest BCUT2D eigenvalue weighted by Gasteiger charge is 2.17. The van der Waals surface area contributed by atoms with Crippen LogP contribution in [0.25, 0.3) is 0 Å². The lowest BCUT2D eigenvalue weighted by molar-refractivity contribution is -0.137. The predicted molar refractivity (Wildman–Crippen MR) is 84.2 cm³/mol. The van der Waals surface area contributed by atoms with Gasteiger partial charge < -0.3 is 15.2 Å². The Labute approximate surface area is 132 Å². The maximum atomic E-state index is 11.0. The van der Waals surface area contributed by atoms with E-state index < -0.39 is 5.97 Å². The van der Waals surface area contributed by atoms with Crippen molar-refractivity contribution in [2.24, 2.45) is 0 Å². The standard InChI is InChI=1S/C15H16ClNO3S/c1-20-13-5-4-11(16)7-10(13)9-17-12(8-15(18)19)14-3-2-6-21-14/h2-7,12,17H,8-9H2,1H3,(H,18,19). The second kappa shape index (κ2) is 7.45. The first-order valence-corrected chi connectivity index (χ1v) is 7.67. The summed E-state index contributed by atoms with van der Waals surface area (Å²) < 4.78 is 5.29. The van der Waals surface area contributed by atoms with Crippen molar-refractivity contribution in [3.05, 3.63) is 51.2 Å². The molecule has 0 saturated heterocycles. The summed E-state index contributed by atoms with van der Waals surface area (Å²) >= 11 is 7.54. The first-order chi connectivity index (χ1) is 10.1. The summed E-state index contributed by atoms with van der Waals surface area (Å²) in [6.07, 6.45) is 0.0311. The highest BCUT2D eigenvalue weighted by molar-refractivity contribution is 7.10. The quantitative estimate of drug-likeness (QED) is 0.814.